The minimum Gasteiger partial charge on any atom is -0.480 e. The number of aliphatic carboxylic acids is 1. The fourth-order valence-electron chi connectivity index (χ4n) is 6.17. The summed E-state index contributed by atoms with van der Waals surface area (Å²) in [4.78, 5) is 39.5. The molecule has 4 atom stereocenters. The number of rotatable bonds is 7. The molecule has 4 unspecified atom stereocenters. The second kappa shape index (κ2) is 9.70. The van der Waals surface area contributed by atoms with Crippen LogP contribution < -0.4 is 5.32 Å². The molecule has 3 aliphatic rings. The van der Waals surface area contributed by atoms with Crippen LogP contribution in [0.3, 0.4) is 0 Å². The van der Waals surface area contributed by atoms with E-state index in [1.807, 2.05) is 36.4 Å². The van der Waals surface area contributed by atoms with E-state index in [1.165, 1.54) is 12.0 Å². The third-order valence-corrected chi connectivity index (χ3v) is 7.69. The second-order valence-corrected chi connectivity index (χ2v) is 9.61. The molecule has 1 heterocycles. The van der Waals surface area contributed by atoms with Crippen molar-refractivity contribution in [3.05, 3.63) is 59.7 Å². The molecule has 0 radical (unpaired) electrons. The molecule has 0 aromatic heterocycles. The molecule has 2 aromatic rings. The minimum absolute atomic E-state index is 0.0332. The topological polar surface area (TPSA) is 105 Å². The summed E-state index contributed by atoms with van der Waals surface area (Å²) in [5.74, 6) is -1.38. The van der Waals surface area contributed by atoms with Crippen LogP contribution >= 0.6 is 0 Å². The number of carbonyl (C=O) groups is 3. The molecule has 1 saturated heterocycles. The summed E-state index contributed by atoms with van der Waals surface area (Å²) >= 11 is 0. The van der Waals surface area contributed by atoms with Gasteiger partial charge in [0.15, 0.2) is 0 Å². The number of ether oxygens (including phenoxy) is 2. The van der Waals surface area contributed by atoms with Gasteiger partial charge < -0.3 is 24.8 Å². The van der Waals surface area contributed by atoms with E-state index in [0.717, 1.165) is 41.5 Å². The van der Waals surface area contributed by atoms with E-state index in [2.05, 4.69) is 17.4 Å². The maximum atomic E-state index is 13.3. The predicted molar refractivity (Wildman–Crippen MR) is 128 cm³/mol. The van der Waals surface area contributed by atoms with Crippen LogP contribution in [0.1, 0.15) is 36.3 Å². The second-order valence-electron chi connectivity index (χ2n) is 9.61. The molecule has 2 N–H and O–H groups in total. The lowest BCUT2D eigenvalue weighted by Crippen LogP contribution is -2.54. The van der Waals surface area contributed by atoms with Crippen molar-refractivity contribution in [3.63, 3.8) is 0 Å². The lowest BCUT2D eigenvalue weighted by atomic mass is 9.94. The lowest BCUT2D eigenvalue weighted by molar-refractivity contribution is -0.150. The molecule has 8 nitrogen and oxygen atoms in total. The number of hydrogen-bond acceptors (Lipinski definition) is 5. The third kappa shape index (κ3) is 4.27. The average Bonchev–Trinajstić information content (AvgIpc) is 3.53. The van der Waals surface area contributed by atoms with E-state index in [9.17, 15) is 19.5 Å². The van der Waals surface area contributed by atoms with Gasteiger partial charge in [0.25, 0.3) is 0 Å². The molecule has 2 amide bonds. The van der Waals surface area contributed by atoms with E-state index in [-0.39, 0.29) is 31.0 Å². The van der Waals surface area contributed by atoms with E-state index in [4.69, 9.17) is 9.47 Å². The highest BCUT2D eigenvalue weighted by molar-refractivity contribution is 5.90. The number of carboxylic acids is 1. The number of benzene rings is 2. The molecule has 8 heteroatoms. The third-order valence-electron chi connectivity index (χ3n) is 7.69. The van der Waals surface area contributed by atoms with Gasteiger partial charge in [0.1, 0.15) is 18.7 Å². The largest absolute Gasteiger partial charge is 0.480 e. The van der Waals surface area contributed by atoms with Crippen LogP contribution in [-0.2, 0) is 19.1 Å². The normalized spacial score (nSPS) is 23.3. The van der Waals surface area contributed by atoms with Crippen molar-refractivity contribution in [2.75, 3.05) is 26.9 Å². The Morgan fingerprint density at radius 2 is 1.71 bits per heavy atom. The van der Waals surface area contributed by atoms with Crippen LogP contribution in [0, 0.1) is 11.8 Å². The van der Waals surface area contributed by atoms with Crippen LogP contribution in [-0.4, -0.2) is 66.9 Å². The summed E-state index contributed by atoms with van der Waals surface area (Å²) in [5.41, 5.74) is 4.45. The fraction of sp³-hybridized carbons (Fsp3) is 0.444. The number of alkyl carbamates (subject to hydrolysis) is 1. The van der Waals surface area contributed by atoms with Gasteiger partial charge in [0.05, 0.1) is 6.61 Å². The zero-order valence-electron chi connectivity index (χ0n) is 19.7. The first-order valence-corrected chi connectivity index (χ1v) is 12.1. The quantitative estimate of drug-likeness (QED) is 0.633. The van der Waals surface area contributed by atoms with Crippen molar-refractivity contribution in [2.45, 2.75) is 37.3 Å². The smallest absolute Gasteiger partial charge is 0.407 e. The van der Waals surface area contributed by atoms with Crippen LogP contribution in [0.2, 0.25) is 0 Å². The number of carbonyl (C=O) groups excluding carboxylic acids is 2. The Morgan fingerprint density at radius 1 is 1.06 bits per heavy atom. The van der Waals surface area contributed by atoms with Gasteiger partial charge in [0.2, 0.25) is 5.91 Å². The number of amides is 2. The number of nitrogens with one attached hydrogen (secondary N) is 1. The van der Waals surface area contributed by atoms with Crippen LogP contribution in [0.25, 0.3) is 11.1 Å². The van der Waals surface area contributed by atoms with E-state index in [0.29, 0.717) is 6.54 Å². The summed E-state index contributed by atoms with van der Waals surface area (Å²) in [5, 5.41) is 12.4. The molecule has 2 fully saturated rings. The first-order valence-electron chi connectivity index (χ1n) is 12.1. The number of likely N-dealkylation sites (tertiary alicyclic amines) is 1. The molecule has 5 rings (SSSR count). The van der Waals surface area contributed by atoms with Crippen molar-refractivity contribution in [1.29, 1.82) is 0 Å². The molecular weight excluding hydrogens is 448 g/mol. The molecule has 0 spiro atoms. The lowest BCUT2D eigenvalue weighted by Gasteiger charge is -2.28. The summed E-state index contributed by atoms with van der Waals surface area (Å²) < 4.78 is 10.8. The highest BCUT2D eigenvalue weighted by atomic mass is 16.5. The van der Waals surface area contributed by atoms with Crippen molar-refractivity contribution in [2.24, 2.45) is 11.8 Å². The van der Waals surface area contributed by atoms with E-state index in [1.54, 1.807) is 0 Å². The Bertz CT molecular complexity index is 1090. The van der Waals surface area contributed by atoms with Crippen molar-refractivity contribution < 1.29 is 29.0 Å². The Hall–Kier alpha value is -3.39. The zero-order valence-corrected chi connectivity index (χ0v) is 19.7. The number of methoxy groups -OCH3 is 1. The number of nitrogens with zero attached hydrogens (tertiary/aromatic N) is 1. The number of carboxylic acid groups (broad SMARTS) is 1. The standard InChI is InChI=1S/C27H30N2O6/c1-34-15-23(25(30)29-13-16-7-6-12-17(16)24(29)26(31)32)28-27(33)35-14-22-20-10-4-2-8-18(20)19-9-3-5-11-21(19)22/h2-5,8-11,16-17,22-24H,6-7,12-15H2,1H3,(H,28,33)(H,31,32). The molecule has 2 aliphatic carbocycles. The maximum Gasteiger partial charge on any atom is 0.407 e. The minimum atomic E-state index is -1.02. The Morgan fingerprint density at radius 3 is 2.34 bits per heavy atom. The Labute approximate surface area is 204 Å². The van der Waals surface area contributed by atoms with Crippen molar-refractivity contribution >= 4 is 18.0 Å². The first-order chi connectivity index (χ1) is 17.0. The molecule has 35 heavy (non-hydrogen) atoms. The molecule has 0 bridgehead atoms. The molecule has 1 saturated carbocycles. The maximum absolute atomic E-state index is 13.3. The Balaban J connectivity index is 1.26. The first kappa shape index (κ1) is 23.4. The van der Waals surface area contributed by atoms with Gasteiger partial charge in [-0.3, -0.25) is 4.79 Å². The summed E-state index contributed by atoms with van der Waals surface area (Å²) in [6.45, 7) is 0.452. The van der Waals surface area contributed by atoms with Gasteiger partial charge in [-0.15, -0.1) is 0 Å². The van der Waals surface area contributed by atoms with Crippen LogP contribution in [0.5, 0.6) is 0 Å². The molecule has 2 aromatic carbocycles. The van der Waals surface area contributed by atoms with Gasteiger partial charge in [-0.05, 0) is 46.9 Å². The molecule has 1 aliphatic heterocycles. The monoisotopic (exact) mass is 478 g/mol. The van der Waals surface area contributed by atoms with Gasteiger partial charge in [0, 0.05) is 19.6 Å². The van der Waals surface area contributed by atoms with Crippen LogP contribution in [0.15, 0.2) is 48.5 Å². The van der Waals surface area contributed by atoms with E-state index < -0.39 is 30.1 Å². The fourth-order valence-corrected chi connectivity index (χ4v) is 6.17. The van der Waals surface area contributed by atoms with Crippen LogP contribution in [0.4, 0.5) is 4.79 Å². The number of hydrogen-bond donors (Lipinski definition) is 2. The Kier molecular flexibility index (Phi) is 6.47. The summed E-state index contributed by atoms with van der Waals surface area (Å²) in [6.07, 6.45) is 1.99. The van der Waals surface area contributed by atoms with Gasteiger partial charge in [-0.1, -0.05) is 55.0 Å². The summed E-state index contributed by atoms with van der Waals surface area (Å²) in [6, 6.07) is 14.2. The SMILES string of the molecule is COCC(NC(=O)OCC1c2ccccc2-c2ccccc21)C(=O)N1CC2CCCC2C1C(=O)O. The van der Waals surface area contributed by atoms with E-state index >= 15 is 0 Å². The predicted octanol–water partition coefficient (Wildman–Crippen LogP) is 3.25. The van der Waals surface area contributed by atoms with Gasteiger partial charge in [-0.2, -0.15) is 0 Å². The summed E-state index contributed by atoms with van der Waals surface area (Å²) in [7, 11) is 1.44. The van der Waals surface area contributed by atoms with Gasteiger partial charge >= 0.3 is 12.1 Å². The molecule has 184 valence electrons. The zero-order chi connectivity index (χ0) is 24.5. The van der Waals surface area contributed by atoms with Crippen molar-refractivity contribution in [1.82, 2.24) is 10.2 Å². The molecular formula is C27H30N2O6. The highest BCUT2D eigenvalue weighted by Gasteiger charge is 2.50. The highest BCUT2D eigenvalue weighted by Crippen LogP contribution is 2.45. The van der Waals surface area contributed by atoms with Gasteiger partial charge in [-0.25, -0.2) is 9.59 Å². The van der Waals surface area contributed by atoms with Crippen molar-refractivity contribution in [3.8, 4) is 11.1 Å². The average molecular weight is 479 g/mol. The number of fused-ring (bicyclic) bond motifs is 4.